The van der Waals surface area contributed by atoms with Crippen LogP contribution in [0.1, 0.15) is 37.6 Å². The van der Waals surface area contributed by atoms with Crippen molar-refractivity contribution in [2.24, 2.45) is 0 Å². The second-order valence-corrected chi connectivity index (χ2v) is 6.89. The molecule has 3 rings (SSSR count). The minimum atomic E-state index is -0.453. The predicted octanol–water partition coefficient (Wildman–Crippen LogP) is 2.08. The van der Waals surface area contributed by atoms with Crippen molar-refractivity contribution in [1.82, 2.24) is 20.0 Å². The zero-order chi connectivity index (χ0) is 18.7. The molecule has 8 nitrogen and oxygen atoms in total. The molecule has 0 saturated carbocycles. The van der Waals surface area contributed by atoms with E-state index in [4.69, 9.17) is 0 Å². The molecule has 0 radical (unpaired) electrons. The summed E-state index contributed by atoms with van der Waals surface area (Å²) < 4.78 is 1.00. The highest BCUT2D eigenvalue weighted by atomic mass is 32.1. The molecule has 26 heavy (non-hydrogen) atoms. The molecule has 2 aromatic heterocycles. The van der Waals surface area contributed by atoms with E-state index < -0.39 is 17.0 Å². The van der Waals surface area contributed by atoms with Crippen LogP contribution in [-0.2, 0) is 11.3 Å². The molecule has 0 saturated heterocycles. The van der Waals surface area contributed by atoms with Gasteiger partial charge in [0.2, 0.25) is 11.0 Å². The van der Waals surface area contributed by atoms with Crippen molar-refractivity contribution in [3.05, 3.63) is 50.0 Å². The number of fused-ring (bicyclic) bond motifs is 1. The molecule has 0 aliphatic carbocycles. The lowest BCUT2D eigenvalue weighted by molar-refractivity contribution is -0.117. The number of nitrogens with zero attached hydrogens (tertiary/aromatic N) is 3. The molecule has 0 bridgehead atoms. The zero-order valence-corrected chi connectivity index (χ0v) is 15.3. The van der Waals surface area contributed by atoms with Gasteiger partial charge in [0.05, 0.1) is 10.8 Å². The minimum absolute atomic E-state index is 0.274. The first-order valence-electron chi connectivity index (χ1n) is 8.38. The molecule has 0 spiro atoms. The van der Waals surface area contributed by atoms with Gasteiger partial charge in [0.15, 0.2) is 0 Å². The SMILES string of the molecule is CCC(CC)c1nnc(NC(=O)Cn2[nH]c(=O)c3ccccc3c2=O)s1. The van der Waals surface area contributed by atoms with E-state index in [2.05, 4.69) is 34.5 Å². The Bertz CT molecular complexity index is 1050. The molecule has 0 unspecified atom stereocenters. The van der Waals surface area contributed by atoms with Crippen LogP contribution in [0.25, 0.3) is 10.8 Å². The van der Waals surface area contributed by atoms with E-state index in [1.54, 1.807) is 24.3 Å². The molecule has 0 atom stereocenters. The van der Waals surface area contributed by atoms with Crippen molar-refractivity contribution in [2.45, 2.75) is 39.2 Å². The van der Waals surface area contributed by atoms with E-state index >= 15 is 0 Å². The van der Waals surface area contributed by atoms with Crippen molar-refractivity contribution >= 4 is 33.1 Å². The Kier molecular flexibility index (Phi) is 5.27. The molecule has 136 valence electrons. The average Bonchev–Trinajstić information content (AvgIpc) is 3.08. The van der Waals surface area contributed by atoms with Crippen molar-refractivity contribution in [1.29, 1.82) is 0 Å². The van der Waals surface area contributed by atoms with Crippen molar-refractivity contribution in [3.8, 4) is 0 Å². The summed E-state index contributed by atoms with van der Waals surface area (Å²) in [6, 6.07) is 6.49. The maximum atomic E-state index is 12.4. The number of rotatable bonds is 6. The van der Waals surface area contributed by atoms with E-state index in [9.17, 15) is 14.4 Å². The van der Waals surface area contributed by atoms with E-state index in [0.717, 1.165) is 22.5 Å². The topological polar surface area (TPSA) is 110 Å². The lowest BCUT2D eigenvalue weighted by Crippen LogP contribution is -2.34. The van der Waals surface area contributed by atoms with Crippen LogP contribution in [0.2, 0.25) is 0 Å². The number of hydrogen-bond donors (Lipinski definition) is 2. The second-order valence-electron chi connectivity index (χ2n) is 5.88. The summed E-state index contributed by atoms with van der Waals surface area (Å²) in [4.78, 5) is 36.7. The number of amides is 1. The number of nitrogens with one attached hydrogen (secondary N) is 2. The summed E-state index contributed by atoms with van der Waals surface area (Å²) in [6.45, 7) is 3.85. The number of carbonyl (C=O) groups is 1. The van der Waals surface area contributed by atoms with Gasteiger partial charge in [-0.2, -0.15) is 0 Å². The van der Waals surface area contributed by atoms with Crippen LogP contribution in [0.4, 0.5) is 5.13 Å². The lowest BCUT2D eigenvalue weighted by Gasteiger charge is -2.07. The van der Waals surface area contributed by atoms with Gasteiger partial charge < -0.3 is 0 Å². The Labute approximate surface area is 152 Å². The zero-order valence-electron chi connectivity index (χ0n) is 14.5. The van der Waals surface area contributed by atoms with Gasteiger partial charge >= 0.3 is 0 Å². The largest absolute Gasteiger partial charge is 0.299 e. The van der Waals surface area contributed by atoms with Crippen LogP contribution in [0.3, 0.4) is 0 Å². The first kappa shape index (κ1) is 18.0. The van der Waals surface area contributed by atoms with Gasteiger partial charge in [-0.1, -0.05) is 37.3 Å². The second kappa shape index (κ2) is 7.61. The Hall–Kier alpha value is -2.81. The van der Waals surface area contributed by atoms with Gasteiger partial charge in [0, 0.05) is 5.92 Å². The summed E-state index contributed by atoms with van der Waals surface area (Å²) in [6.07, 6.45) is 1.90. The Morgan fingerprint density at radius 1 is 1.19 bits per heavy atom. The number of aromatic amines is 1. The molecule has 0 aliphatic rings. The van der Waals surface area contributed by atoms with Gasteiger partial charge in [0.25, 0.3) is 11.1 Å². The van der Waals surface area contributed by atoms with Crippen LogP contribution in [0.15, 0.2) is 33.9 Å². The maximum absolute atomic E-state index is 12.4. The number of benzene rings is 1. The number of H-pyrrole nitrogens is 1. The van der Waals surface area contributed by atoms with Crippen LogP contribution in [0.5, 0.6) is 0 Å². The smallest absolute Gasteiger partial charge is 0.273 e. The predicted molar refractivity (Wildman–Crippen MR) is 101 cm³/mol. The van der Waals surface area contributed by atoms with Crippen molar-refractivity contribution in [3.63, 3.8) is 0 Å². The molecule has 3 aromatic rings. The van der Waals surface area contributed by atoms with Crippen molar-refractivity contribution in [2.75, 3.05) is 5.32 Å². The molecule has 1 amide bonds. The van der Waals surface area contributed by atoms with Gasteiger partial charge in [0.1, 0.15) is 11.6 Å². The molecular weight excluding hydrogens is 354 g/mol. The van der Waals surface area contributed by atoms with E-state index in [1.807, 2.05) is 0 Å². The molecular formula is C17H19N5O3S. The molecule has 2 N–H and O–H groups in total. The molecule has 0 fully saturated rings. The molecule has 1 aromatic carbocycles. The number of anilines is 1. The number of carbonyl (C=O) groups excluding carboxylic acids is 1. The highest BCUT2D eigenvalue weighted by Crippen LogP contribution is 2.27. The van der Waals surface area contributed by atoms with Crippen LogP contribution in [-0.4, -0.2) is 25.9 Å². The van der Waals surface area contributed by atoms with Crippen LogP contribution < -0.4 is 16.4 Å². The van der Waals surface area contributed by atoms with Crippen LogP contribution in [0, 0.1) is 0 Å². The fourth-order valence-corrected chi connectivity index (χ4v) is 3.77. The quantitative estimate of drug-likeness (QED) is 0.687. The third-order valence-corrected chi connectivity index (χ3v) is 5.21. The summed E-state index contributed by atoms with van der Waals surface area (Å²) in [5.74, 6) is -0.136. The first-order valence-corrected chi connectivity index (χ1v) is 9.20. The highest BCUT2D eigenvalue weighted by Gasteiger charge is 2.15. The summed E-state index contributed by atoms with van der Waals surface area (Å²) in [7, 11) is 0. The van der Waals surface area contributed by atoms with Crippen LogP contribution >= 0.6 is 11.3 Å². The average molecular weight is 373 g/mol. The third-order valence-electron chi connectivity index (χ3n) is 4.21. The summed E-state index contributed by atoms with van der Waals surface area (Å²) in [5, 5.41) is 15.0. The normalized spacial score (nSPS) is 11.2. The number of aromatic nitrogens is 4. The summed E-state index contributed by atoms with van der Waals surface area (Å²) in [5.41, 5.74) is -0.842. The first-order chi connectivity index (χ1) is 12.5. The highest BCUT2D eigenvalue weighted by molar-refractivity contribution is 7.15. The van der Waals surface area contributed by atoms with Gasteiger partial charge in [-0.25, -0.2) is 4.68 Å². The van der Waals surface area contributed by atoms with Gasteiger partial charge in [-0.3, -0.25) is 24.8 Å². The van der Waals surface area contributed by atoms with Gasteiger partial charge in [-0.05, 0) is 25.0 Å². The fraction of sp³-hybridized carbons (Fsp3) is 0.353. The molecule has 9 heteroatoms. The van der Waals surface area contributed by atoms with E-state index in [0.29, 0.717) is 16.4 Å². The van der Waals surface area contributed by atoms with E-state index in [1.165, 1.54) is 11.3 Å². The maximum Gasteiger partial charge on any atom is 0.273 e. The molecule has 2 heterocycles. The number of hydrogen-bond acceptors (Lipinski definition) is 6. The third kappa shape index (κ3) is 3.57. The Balaban J connectivity index is 1.79. The fourth-order valence-electron chi connectivity index (χ4n) is 2.75. The monoisotopic (exact) mass is 373 g/mol. The Morgan fingerprint density at radius 3 is 2.58 bits per heavy atom. The van der Waals surface area contributed by atoms with Gasteiger partial charge in [-0.15, -0.1) is 10.2 Å². The minimum Gasteiger partial charge on any atom is -0.299 e. The summed E-state index contributed by atoms with van der Waals surface area (Å²) >= 11 is 1.33. The standard InChI is InChI=1S/C17H19N5O3S/c1-3-10(4-2)15-19-20-17(26-15)18-13(23)9-22-16(25)12-8-6-5-7-11(12)14(24)21-22/h5-8,10H,3-4,9H2,1-2H3,(H,21,24)(H,18,20,23). The lowest BCUT2D eigenvalue weighted by atomic mass is 10.1. The Morgan fingerprint density at radius 2 is 1.88 bits per heavy atom. The van der Waals surface area contributed by atoms with E-state index in [-0.39, 0.29) is 11.9 Å². The van der Waals surface area contributed by atoms with Crippen molar-refractivity contribution < 1.29 is 4.79 Å². The molecule has 0 aliphatic heterocycles.